The number of thiophene rings is 1. The summed E-state index contributed by atoms with van der Waals surface area (Å²) in [4.78, 5) is 1.29. The molecule has 0 fully saturated rings. The number of halogens is 1. The fourth-order valence-electron chi connectivity index (χ4n) is 1.69. The standard InChI is InChI=1S/C14H15ClO2S/c1-10(16)13-9-11(15)4-5-14(13)17-7-6-12-3-2-8-18-12/h2-5,8-10,16H,6-7H2,1H3. The van der Waals surface area contributed by atoms with Crippen LogP contribution in [0.25, 0.3) is 0 Å². The summed E-state index contributed by atoms with van der Waals surface area (Å²) < 4.78 is 5.71. The monoisotopic (exact) mass is 282 g/mol. The zero-order valence-electron chi connectivity index (χ0n) is 10.1. The van der Waals surface area contributed by atoms with Crippen LogP contribution in [0.3, 0.4) is 0 Å². The Labute approximate surface area is 116 Å². The van der Waals surface area contributed by atoms with Crippen molar-refractivity contribution in [2.24, 2.45) is 0 Å². The van der Waals surface area contributed by atoms with Gasteiger partial charge in [0.2, 0.25) is 0 Å². The minimum Gasteiger partial charge on any atom is -0.493 e. The second kappa shape index (κ2) is 6.23. The molecule has 0 aliphatic heterocycles. The Morgan fingerprint density at radius 3 is 2.89 bits per heavy atom. The molecule has 2 aromatic rings. The molecule has 0 saturated heterocycles. The van der Waals surface area contributed by atoms with Crippen molar-refractivity contribution >= 4 is 22.9 Å². The lowest BCUT2D eigenvalue weighted by molar-refractivity contribution is 0.191. The number of benzene rings is 1. The van der Waals surface area contributed by atoms with Crippen molar-refractivity contribution in [3.05, 3.63) is 51.2 Å². The molecule has 2 rings (SSSR count). The lowest BCUT2D eigenvalue weighted by Gasteiger charge is -2.13. The molecule has 2 nitrogen and oxygen atoms in total. The second-order valence-electron chi connectivity index (χ2n) is 4.04. The first-order chi connectivity index (χ1) is 8.66. The van der Waals surface area contributed by atoms with E-state index in [1.165, 1.54) is 4.88 Å². The SMILES string of the molecule is CC(O)c1cc(Cl)ccc1OCCc1cccs1. The van der Waals surface area contributed by atoms with Crippen LogP contribution in [0.2, 0.25) is 5.02 Å². The molecule has 96 valence electrons. The minimum atomic E-state index is -0.583. The molecule has 1 unspecified atom stereocenters. The van der Waals surface area contributed by atoms with E-state index in [0.29, 0.717) is 17.4 Å². The van der Waals surface area contributed by atoms with Crippen LogP contribution in [0, 0.1) is 0 Å². The number of ether oxygens (including phenoxy) is 1. The minimum absolute atomic E-state index is 0.583. The highest BCUT2D eigenvalue weighted by molar-refractivity contribution is 7.09. The van der Waals surface area contributed by atoms with E-state index < -0.39 is 6.10 Å². The molecule has 0 amide bonds. The Balaban J connectivity index is 2.00. The fraction of sp³-hybridized carbons (Fsp3) is 0.286. The van der Waals surface area contributed by atoms with Crippen molar-refractivity contribution in [1.29, 1.82) is 0 Å². The topological polar surface area (TPSA) is 29.5 Å². The number of aliphatic hydroxyl groups excluding tert-OH is 1. The first kappa shape index (κ1) is 13.4. The van der Waals surface area contributed by atoms with Crippen LogP contribution in [0.4, 0.5) is 0 Å². The summed E-state index contributed by atoms with van der Waals surface area (Å²) in [6.45, 7) is 2.31. The van der Waals surface area contributed by atoms with Crippen molar-refractivity contribution in [2.75, 3.05) is 6.61 Å². The molecule has 1 N–H and O–H groups in total. The van der Waals surface area contributed by atoms with Gasteiger partial charge in [-0.25, -0.2) is 0 Å². The van der Waals surface area contributed by atoms with E-state index in [1.54, 1.807) is 36.5 Å². The van der Waals surface area contributed by atoms with Crippen molar-refractivity contribution in [3.63, 3.8) is 0 Å². The molecule has 18 heavy (non-hydrogen) atoms. The summed E-state index contributed by atoms with van der Waals surface area (Å²) in [7, 11) is 0. The van der Waals surface area contributed by atoms with E-state index in [-0.39, 0.29) is 0 Å². The molecule has 1 heterocycles. The quantitative estimate of drug-likeness (QED) is 0.895. The summed E-state index contributed by atoms with van der Waals surface area (Å²) in [6, 6.07) is 9.44. The molecule has 0 radical (unpaired) electrons. The fourth-order valence-corrected chi connectivity index (χ4v) is 2.56. The van der Waals surface area contributed by atoms with Gasteiger partial charge in [-0.3, -0.25) is 0 Å². The third-order valence-electron chi connectivity index (χ3n) is 2.61. The first-order valence-corrected chi connectivity index (χ1v) is 7.05. The Morgan fingerprint density at radius 1 is 1.39 bits per heavy atom. The number of hydrogen-bond donors (Lipinski definition) is 1. The van der Waals surface area contributed by atoms with Crippen molar-refractivity contribution in [2.45, 2.75) is 19.4 Å². The van der Waals surface area contributed by atoms with E-state index >= 15 is 0 Å². The molecule has 0 spiro atoms. The largest absolute Gasteiger partial charge is 0.493 e. The van der Waals surface area contributed by atoms with Crippen LogP contribution in [-0.4, -0.2) is 11.7 Å². The van der Waals surface area contributed by atoms with Gasteiger partial charge in [0.05, 0.1) is 12.7 Å². The van der Waals surface area contributed by atoms with Gasteiger partial charge in [0.25, 0.3) is 0 Å². The highest BCUT2D eigenvalue weighted by Gasteiger charge is 2.10. The zero-order chi connectivity index (χ0) is 13.0. The van der Waals surface area contributed by atoms with Gasteiger partial charge in [-0.1, -0.05) is 17.7 Å². The van der Waals surface area contributed by atoms with Crippen molar-refractivity contribution in [3.8, 4) is 5.75 Å². The Bertz CT molecular complexity index is 495. The van der Waals surface area contributed by atoms with Gasteiger partial charge in [0.15, 0.2) is 0 Å². The molecule has 1 aromatic heterocycles. The van der Waals surface area contributed by atoms with Crippen molar-refractivity contribution < 1.29 is 9.84 Å². The van der Waals surface area contributed by atoms with Crippen LogP contribution >= 0.6 is 22.9 Å². The van der Waals surface area contributed by atoms with Gasteiger partial charge in [-0.2, -0.15) is 0 Å². The maximum absolute atomic E-state index is 9.68. The maximum Gasteiger partial charge on any atom is 0.125 e. The average molecular weight is 283 g/mol. The molecule has 0 bridgehead atoms. The zero-order valence-corrected chi connectivity index (χ0v) is 11.7. The average Bonchev–Trinajstić information content (AvgIpc) is 2.84. The van der Waals surface area contributed by atoms with Crippen molar-refractivity contribution in [1.82, 2.24) is 0 Å². The second-order valence-corrected chi connectivity index (χ2v) is 5.50. The lowest BCUT2D eigenvalue weighted by Crippen LogP contribution is -2.04. The smallest absolute Gasteiger partial charge is 0.125 e. The van der Waals surface area contributed by atoms with Crippen LogP contribution in [-0.2, 0) is 6.42 Å². The molecule has 1 aromatic carbocycles. The molecular weight excluding hydrogens is 268 g/mol. The van der Waals surface area contributed by atoms with Crippen LogP contribution in [0.5, 0.6) is 5.75 Å². The Kier molecular flexibility index (Phi) is 4.64. The normalized spacial score (nSPS) is 12.4. The summed E-state index contributed by atoms with van der Waals surface area (Å²) in [5.41, 5.74) is 0.730. The number of rotatable bonds is 5. The van der Waals surface area contributed by atoms with E-state index in [0.717, 1.165) is 12.0 Å². The van der Waals surface area contributed by atoms with Gasteiger partial charge in [-0.15, -0.1) is 11.3 Å². The first-order valence-electron chi connectivity index (χ1n) is 5.79. The molecular formula is C14H15ClO2S. The van der Waals surface area contributed by atoms with Gasteiger partial charge < -0.3 is 9.84 Å². The molecule has 1 atom stereocenters. The summed E-state index contributed by atoms with van der Waals surface area (Å²) in [5.74, 6) is 0.700. The lowest BCUT2D eigenvalue weighted by atomic mass is 10.1. The van der Waals surface area contributed by atoms with E-state index in [4.69, 9.17) is 16.3 Å². The van der Waals surface area contributed by atoms with E-state index in [2.05, 4.69) is 11.4 Å². The highest BCUT2D eigenvalue weighted by atomic mass is 35.5. The van der Waals surface area contributed by atoms with Crippen LogP contribution in [0.15, 0.2) is 35.7 Å². The third-order valence-corrected chi connectivity index (χ3v) is 3.78. The highest BCUT2D eigenvalue weighted by Crippen LogP contribution is 2.28. The van der Waals surface area contributed by atoms with Crippen LogP contribution in [0.1, 0.15) is 23.5 Å². The predicted molar refractivity (Wildman–Crippen MR) is 75.6 cm³/mol. The Morgan fingerprint density at radius 2 is 2.22 bits per heavy atom. The maximum atomic E-state index is 9.68. The molecule has 0 aliphatic carbocycles. The number of hydrogen-bond acceptors (Lipinski definition) is 3. The van der Waals surface area contributed by atoms with E-state index in [9.17, 15) is 5.11 Å². The van der Waals surface area contributed by atoms with Gasteiger partial charge >= 0.3 is 0 Å². The summed E-state index contributed by atoms with van der Waals surface area (Å²) in [6.07, 6.45) is 0.292. The molecule has 0 saturated carbocycles. The molecule has 0 aliphatic rings. The van der Waals surface area contributed by atoms with Crippen LogP contribution < -0.4 is 4.74 Å². The van der Waals surface area contributed by atoms with Gasteiger partial charge in [0.1, 0.15) is 5.75 Å². The predicted octanol–water partition coefficient (Wildman–Crippen LogP) is 4.08. The summed E-state index contributed by atoms with van der Waals surface area (Å²) in [5, 5.41) is 12.3. The Hall–Kier alpha value is -1.03. The third kappa shape index (κ3) is 3.48. The summed E-state index contributed by atoms with van der Waals surface area (Å²) >= 11 is 7.63. The molecule has 4 heteroatoms. The number of aliphatic hydroxyl groups is 1. The van der Waals surface area contributed by atoms with E-state index in [1.807, 2.05) is 6.07 Å². The van der Waals surface area contributed by atoms with Gasteiger partial charge in [-0.05, 0) is 36.6 Å². The van der Waals surface area contributed by atoms with Gasteiger partial charge in [0, 0.05) is 21.9 Å².